The van der Waals surface area contributed by atoms with Gasteiger partial charge in [0.05, 0.1) is 12.5 Å². The summed E-state index contributed by atoms with van der Waals surface area (Å²) in [7, 11) is 1.60. The topological polar surface area (TPSA) is 81.6 Å². The number of methoxy groups -OCH3 is 1. The molecule has 122 valence electrons. The average Bonchev–Trinajstić information content (AvgIpc) is 3.20. The zero-order chi connectivity index (χ0) is 16.4. The summed E-state index contributed by atoms with van der Waals surface area (Å²) in [5.74, 6) is 2.38. The Kier molecular flexibility index (Phi) is 4.58. The van der Waals surface area contributed by atoms with Crippen molar-refractivity contribution in [1.29, 1.82) is 0 Å². The molecule has 1 fully saturated rings. The van der Waals surface area contributed by atoms with Crippen molar-refractivity contribution in [3.63, 3.8) is 0 Å². The molecule has 23 heavy (non-hydrogen) atoms. The number of aromatic nitrogens is 1. The first-order valence-corrected chi connectivity index (χ1v) is 8.43. The van der Waals surface area contributed by atoms with Gasteiger partial charge >= 0.3 is 0 Å². The van der Waals surface area contributed by atoms with Crippen molar-refractivity contribution in [1.82, 2.24) is 9.88 Å². The van der Waals surface area contributed by atoms with Crippen molar-refractivity contribution < 1.29 is 13.9 Å². The van der Waals surface area contributed by atoms with E-state index in [1.807, 2.05) is 24.3 Å². The third-order valence-corrected chi connectivity index (χ3v) is 4.97. The fourth-order valence-electron chi connectivity index (χ4n) is 2.62. The Morgan fingerprint density at radius 2 is 2.39 bits per heavy atom. The molecule has 1 aromatic carbocycles. The number of hydrogen-bond donors (Lipinski definition) is 1. The van der Waals surface area contributed by atoms with Gasteiger partial charge in [0.25, 0.3) is 5.91 Å². The van der Waals surface area contributed by atoms with E-state index in [1.54, 1.807) is 30.7 Å². The Labute approximate surface area is 139 Å². The number of carbonyl (C=O) groups is 1. The van der Waals surface area contributed by atoms with Crippen LogP contribution in [-0.4, -0.2) is 47.1 Å². The lowest BCUT2D eigenvalue weighted by molar-refractivity contribution is 0.0759. The molecular formula is C16H19N3O3S. The summed E-state index contributed by atoms with van der Waals surface area (Å²) < 4.78 is 10.9. The van der Waals surface area contributed by atoms with Crippen molar-refractivity contribution in [3.8, 4) is 17.1 Å². The number of amides is 1. The van der Waals surface area contributed by atoms with Crippen molar-refractivity contribution in [2.24, 2.45) is 5.73 Å². The Morgan fingerprint density at radius 1 is 1.57 bits per heavy atom. The number of rotatable bonds is 4. The van der Waals surface area contributed by atoms with E-state index in [2.05, 4.69) is 4.98 Å². The van der Waals surface area contributed by atoms with Crippen molar-refractivity contribution in [3.05, 3.63) is 35.9 Å². The molecule has 0 saturated carbocycles. The van der Waals surface area contributed by atoms with Crippen LogP contribution in [0.4, 0.5) is 0 Å². The summed E-state index contributed by atoms with van der Waals surface area (Å²) in [4.78, 5) is 19.0. The van der Waals surface area contributed by atoms with E-state index >= 15 is 0 Å². The number of nitrogens with two attached hydrogens (primary N) is 1. The molecule has 1 unspecified atom stereocenters. The molecule has 0 bridgehead atoms. The predicted molar refractivity (Wildman–Crippen MR) is 89.6 cm³/mol. The maximum absolute atomic E-state index is 12.9. The lowest BCUT2D eigenvalue weighted by atomic mass is 10.1. The molecule has 1 aromatic heterocycles. The van der Waals surface area contributed by atoms with Crippen LogP contribution < -0.4 is 10.5 Å². The van der Waals surface area contributed by atoms with E-state index in [4.69, 9.17) is 14.9 Å². The first-order valence-electron chi connectivity index (χ1n) is 7.38. The maximum Gasteiger partial charge on any atom is 0.277 e. The third kappa shape index (κ3) is 3.07. The molecule has 0 aliphatic carbocycles. The van der Waals surface area contributed by atoms with Crippen molar-refractivity contribution >= 4 is 17.7 Å². The minimum atomic E-state index is -0.139. The number of hydrogen-bond acceptors (Lipinski definition) is 6. The van der Waals surface area contributed by atoms with Gasteiger partial charge in [0.2, 0.25) is 0 Å². The molecule has 1 atom stereocenters. The van der Waals surface area contributed by atoms with E-state index in [1.165, 1.54) is 0 Å². The molecule has 7 heteroatoms. The fourth-order valence-corrected chi connectivity index (χ4v) is 3.71. The van der Waals surface area contributed by atoms with Crippen LogP contribution in [0.25, 0.3) is 11.3 Å². The van der Waals surface area contributed by atoms with Gasteiger partial charge in [-0.05, 0) is 12.1 Å². The van der Waals surface area contributed by atoms with E-state index < -0.39 is 0 Å². The number of benzene rings is 1. The van der Waals surface area contributed by atoms with Gasteiger partial charge in [-0.15, -0.1) is 11.8 Å². The SMILES string of the molecule is COc1cccc(-c2oc(C)nc2C(=O)N2CCSC2CN)c1. The van der Waals surface area contributed by atoms with Gasteiger partial charge in [0, 0.05) is 31.3 Å². The normalized spacial score (nSPS) is 17.5. The minimum absolute atomic E-state index is 0.00216. The maximum atomic E-state index is 12.9. The first kappa shape index (κ1) is 15.9. The van der Waals surface area contributed by atoms with E-state index in [9.17, 15) is 4.79 Å². The molecule has 6 nitrogen and oxygen atoms in total. The molecule has 0 radical (unpaired) electrons. The van der Waals surface area contributed by atoms with Gasteiger partial charge in [0.15, 0.2) is 17.3 Å². The monoisotopic (exact) mass is 333 g/mol. The summed E-state index contributed by atoms with van der Waals surface area (Å²) in [6.07, 6.45) is 0. The van der Waals surface area contributed by atoms with Gasteiger partial charge < -0.3 is 19.8 Å². The molecule has 2 aromatic rings. The van der Waals surface area contributed by atoms with Crippen LogP contribution in [0.2, 0.25) is 0 Å². The highest BCUT2D eigenvalue weighted by molar-refractivity contribution is 8.00. The van der Waals surface area contributed by atoms with Crippen LogP contribution in [0.15, 0.2) is 28.7 Å². The van der Waals surface area contributed by atoms with E-state index in [0.717, 1.165) is 11.3 Å². The quantitative estimate of drug-likeness (QED) is 0.923. The highest BCUT2D eigenvalue weighted by Gasteiger charge is 2.32. The number of thioether (sulfide) groups is 1. The van der Waals surface area contributed by atoms with Crippen molar-refractivity contribution in [2.75, 3.05) is 26.0 Å². The van der Waals surface area contributed by atoms with E-state index in [0.29, 0.717) is 36.2 Å². The summed E-state index contributed by atoms with van der Waals surface area (Å²) in [5, 5.41) is -0.00216. The molecular weight excluding hydrogens is 314 g/mol. The number of aryl methyl sites for hydroxylation is 1. The minimum Gasteiger partial charge on any atom is -0.497 e. The fraction of sp³-hybridized carbons (Fsp3) is 0.375. The van der Waals surface area contributed by atoms with Crippen LogP contribution in [0, 0.1) is 6.92 Å². The van der Waals surface area contributed by atoms with Gasteiger partial charge in [-0.1, -0.05) is 12.1 Å². The standard InChI is InChI=1S/C16H19N3O3S/c1-10-18-14(16(20)19-6-7-23-13(19)9-17)15(22-10)11-4-3-5-12(8-11)21-2/h3-5,8,13H,6-7,9,17H2,1-2H3. The summed E-state index contributed by atoms with van der Waals surface area (Å²) >= 11 is 1.69. The summed E-state index contributed by atoms with van der Waals surface area (Å²) in [6, 6.07) is 7.40. The Morgan fingerprint density at radius 3 is 3.13 bits per heavy atom. The predicted octanol–water partition coefficient (Wildman–Crippen LogP) is 2.13. The zero-order valence-corrected chi connectivity index (χ0v) is 13.9. The Balaban J connectivity index is 1.98. The zero-order valence-electron chi connectivity index (χ0n) is 13.1. The smallest absolute Gasteiger partial charge is 0.277 e. The van der Waals surface area contributed by atoms with Crippen molar-refractivity contribution in [2.45, 2.75) is 12.3 Å². The molecule has 1 saturated heterocycles. The van der Waals surface area contributed by atoms with Crippen LogP contribution in [-0.2, 0) is 0 Å². The largest absolute Gasteiger partial charge is 0.497 e. The molecule has 1 amide bonds. The lowest BCUT2D eigenvalue weighted by Gasteiger charge is -2.21. The van der Waals surface area contributed by atoms with Crippen LogP contribution in [0.3, 0.4) is 0 Å². The van der Waals surface area contributed by atoms with Crippen LogP contribution >= 0.6 is 11.8 Å². The van der Waals surface area contributed by atoms with Crippen LogP contribution in [0.5, 0.6) is 5.75 Å². The Bertz CT molecular complexity index is 716. The molecule has 3 rings (SSSR count). The second kappa shape index (κ2) is 6.64. The van der Waals surface area contributed by atoms with Gasteiger partial charge in [-0.25, -0.2) is 4.98 Å². The van der Waals surface area contributed by atoms with Crippen LogP contribution in [0.1, 0.15) is 16.4 Å². The van der Waals surface area contributed by atoms with E-state index in [-0.39, 0.29) is 11.3 Å². The second-order valence-electron chi connectivity index (χ2n) is 5.20. The first-order chi connectivity index (χ1) is 11.1. The number of nitrogens with zero attached hydrogens (tertiary/aromatic N) is 2. The lowest BCUT2D eigenvalue weighted by Crippen LogP contribution is -2.39. The number of oxazole rings is 1. The molecule has 0 spiro atoms. The molecule has 2 N–H and O–H groups in total. The summed E-state index contributed by atoms with van der Waals surface area (Å²) in [5.41, 5.74) is 6.86. The Hall–Kier alpha value is -1.99. The molecule has 2 heterocycles. The number of ether oxygens (including phenoxy) is 1. The second-order valence-corrected chi connectivity index (χ2v) is 6.49. The molecule has 1 aliphatic heterocycles. The summed E-state index contributed by atoms with van der Waals surface area (Å²) in [6.45, 7) is 2.84. The average molecular weight is 333 g/mol. The highest BCUT2D eigenvalue weighted by Crippen LogP contribution is 2.31. The highest BCUT2D eigenvalue weighted by atomic mass is 32.2. The molecule has 1 aliphatic rings. The van der Waals surface area contributed by atoms with Gasteiger partial charge in [-0.3, -0.25) is 4.79 Å². The van der Waals surface area contributed by atoms with Gasteiger partial charge in [-0.2, -0.15) is 0 Å². The third-order valence-electron chi connectivity index (χ3n) is 3.72. The van der Waals surface area contributed by atoms with Gasteiger partial charge in [0.1, 0.15) is 5.75 Å². The number of carbonyl (C=O) groups excluding carboxylic acids is 1.